The maximum atomic E-state index is 12.9. The van der Waals surface area contributed by atoms with Crippen LogP contribution in [0.4, 0.5) is 11.4 Å². The maximum absolute atomic E-state index is 12.9. The van der Waals surface area contributed by atoms with Crippen molar-refractivity contribution < 1.29 is 4.79 Å². The third-order valence-electron chi connectivity index (χ3n) is 4.04. The topological polar surface area (TPSA) is 93.2 Å². The van der Waals surface area contributed by atoms with Crippen LogP contribution in [0.15, 0.2) is 35.4 Å². The van der Waals surface area contributed by atoms with Crippen molar-refractivity contribution in [2.45, 2.75) is 13.5 Å². The summed E-state index contributed by atoms with van der Waals surface area (Å²) in [6, 6.07) is 6.88. The van der Waals surface area contributed by atoms with Crippen LogP contribution in [0.1, 0.15) is 15.2 Å². The van der Waals surface area contributed by atoms with E-state index >= 15 is 0 Å². The van der Waals surface area contributed by atoms with Crippen molar-refractivity contribution >= 4 is 38.8 Å². The van der Waals surface area contributed by atoms with Crippen molar-refractivity contribution in [3.63, 3.8) is 0 Å². The molecule has 0 spiro atoms. The number of carbonyl (C=O) groups excluding carboxylic acids is 1. The van der Waals surface area contributed by atoms with Gasteiger partial charge in [0, 0.05) is 29.3 Å². The number of rotatable bonds is 5. The van der Waals surface area contributed by atoms with E-state index in [2.05, 4.69) is 10.3 Å². The highest BCUT2D eigenvalue weighted by Gasteiger charge is 2.21. The van der Waals surface area contributed by atoms with E-state index in [4.69, 9.17) is 5.73 Å². The van der Waals surface area contributed by atoms with Crippen LogP contribution in [0.3, 0.4) is 0 Å². The van der Waals surface area contributed by atoms with Gasteiger partial charge >= 0.3 is 0 Å². The first-order valence-electron chi connectivity index (χ1n) is 8.17. The first-order valence-corrected chi connectivity index (χ1v) is 8.98. The molecule has 3 rings (SSSR count). The number of likely N-dealkylation sites (N-methyl/N-ethyl adjacent to an activating group) is 1. The van der Waals surface area contributed by atoms with Gasteiger partial charge in [-0.15, -0.1) is 11.3 Å². The Hall–Kier alpha value is -2.71. The van der Waals surface area contributed by atoms with E-state index in [0.29, 0.717) is 40.2 Å². The molecule has 136 valence electrons. The second kappa shape index (κ2) is 7.27. The van der Waals surface area contributed by atoms with Crippen LogP contribution in [-0.4, -0.2) is 41.0 Å². The van der Waals surface area contributed by atoms with Gasteiger partial charge in [-0.1, -0.05) is 0 Å². The number of nitrogen functional groups attached to an aromatic ring is 1. The standard InChI is InChI=1S/C18H21N5O2S/c1-11-14(16(24)21-13-6-4-12(19)5-7-13)15-17(26-11)20-10-23(18(15)25)9-8-22(2)3/h4-7,10H,8-9,19H2,1-3H3,(H,21,24). The largest absolute Gasteiger partial charge is 0.399 e. The van der Waals surface area contributed by atoms with Crippen molar-refractivity contribution in [3.05, 3.63) is 51.4 Å². The Morgan fingerprint density at radius 2 is 2.00 bits per heavy atom. The number of thiophene rings is 1. The third kappa shape index (κ3) is 3.61. The van der Waals surface area contributed by atoms with E-state index in [0.717, 1.165) is 4.88 Å². The summed E-state index contributed by atoms with van der Waals surface area (Å²) < 4.78 is 1.55. The summed E-state index contributed by atoms with van der Waals surface area (Å²) >= 11 is 1.35. The number of aryl methyl sites for hydroxylation is 1. The SMILES string of the molecule is Cc1sc2ncn(CCN(C)C)c(=O)c2c1C(=O)Nc1ccc(N)cc1. The van der Waals surface area contributed by atoms with Crippen molar-refractivity contribution in [1.29, 1.82) is 0 Å². The summed E-state index contributed by atoms with van der Waals surface area (Å²) in [5, 5.41) is 3.21. The lowest BCUT2D eigenvalue weighted by Crippen LogP contribution is -2.27. The van der Waals surface area contributed by atoms with Crippen LogP contribution < -0.4 is 16.6 Å². The molecule has 3 N–H and O–H groups in total. The number of carbonyl (C=O) groups is 1. The number of aromatic nitrogens is 2. The van der Waals surface area contributed by atoms with Gasteiger partial charge in [0.2, 0.25) is 0 Å². The average molecular weight is 371 g/mol. The van der Waals surface area contributed by atoms with Crippen molar-refractivity contribution in [3.8, 4) is 0 Å². The van der Waals surface area contributed by atoms with Gasteiger partial charge < -0.3 is 16.0 Å². The highest BCUT2D eigenvalue weighted by molar-refractivity contribution is 7.19. The Morgan fingerprint density at radius 1 is 1.31 bits per heavy atom. The zero-order chi connectivity index (χ0) is 18.8. The summed E-state index contributed by atoms with van der Waals surface area (Å²) in [5.41, 5.74) is 7.11. The molecule has 2 aromatic heterocycles. The van der Waals surface area contributed by atoms with Gasteiger partial charge in [0.15, 0.2) is 0 Å². The monoisotopic (exact) mass is 371 g/mol. The lowest BCUT2D eigenvalue weighted by atomic mass is 10.1. The van der Waals surface area contributed by atoms with Gasteiger partial charge in [-0.05, 0) is 45.3 Å². The summed E-state index contributed by atoms with van der Waals surface area (Å²) in [6.45, 7) is 3.06. The molecule has 7 nitrogen and oxygen atoms in total. The molecule has 8 heteroatoms. The van der Waals surface area contributed by atoms with E-state index in [1.54, 1.807) is 35.2 Å². The molecule has 0 atom stereocenters. The Bertz CT molecular complexity index is 1000. The zero-order valence-corrected chi connectivity index (χ0v) is 15.8. The fourth-order valence-electron chi connectivity index (χ4n) is 2.64. The molecule has 0 aliphatic carbocycles. The second-order valence-corrected chi connectivity index (χ2v) is 7.54. The Kier molecular flexibility index (Phi) is 5.06. The molecule has 0 fully saturated rings. The molecule has 0 aliphatic heterocycles. The summed E-state index contributed by atoms with van der Waals surface area (Å²) in [4.78, 5) is 33.4. The van der Waals surface area contributed by atoms with E-state index in [-0.39, 0.29) is 11.5 Å². The predicted molar refractivity (Wildman–Crippen MR) is 106 cm³/mol. The fourth-order valence-corrected chi connectivity index (χ4v) is 3.62. The molecule has 0 saturated carbocycles. The Balaban J connectivity index is 2.00. The number of hydrogen-bond donors (Lipinski definition) is 2. The van der Waals surface area contributed by atoms with Crippen molar-refractivity contribution in [1.82, 2.24) is 14.5 Å². The number of anilines is 2. The highest BCUT2D eigenvalue weighted by atomic mass is 32.1. The van der Waals surface area contributed by atoms with Crippen LogP contribution in [0.25, 0.3) is 10.2 Å². The molecular formula is C18H21N5O2S. The molecule has 0 radical (unpaired) electrons. The molecule has 1 amide bonds. The number of nitrogens with one attached hydrogen (secondary N) is 1. The minimum atomic E-state index is -0.317. The zero-order valence-electron chi connectivity index (χ0n) is 14.9. The van der Waals surface area contributed by atoms with Gasteiger partial charge in [0.1, 0.15) is 4.83 Å². The molecule has 0 aliphatic rings. The van der Waals surface area contributed by atoms with Crippen LogP contribution in [0, 0.1) is 6.92 Å². The normalized spacial score (nSPS) is 11.2. The molecule has 1 aromatic carbocycles. The Labute approximate surface area is 155 Å². The van der Waals surface area contributed by atoms with Gasteiger partial charge in [-0.25, -0.2) is 4.98 Å². The van der Waals surface area contributed by atoms with Crippen LogP contribution in [-0.2, 0) is 6.54 Å². The Morgan fingerprint density at radius 3 is 2.65 bits per heavy atom. The molecule has 0 bridgehead atoms. The molecule has 26 heavy (non-hydrogen) atoms. The lowest BCUT2D eigenvalue weighted by molar-refractivity contribution is 0.102. The molecular weight excluding hydrogens is 350 g/mol. The van der Waals surface area contributed by atoms with E-state index in [1.165, 1.54) is 11.3 Å². The van der Waals surface area contributed by atoms with Gasteiger partial charge in [-0.3, -0.25) is 14.2 Å². The fraction of sp³-hybridized carbons (Fsp3) is 0.278. The number of hydrogen-bond acceptors (Lipinski definition) is 6. The average Bonchev–Trinajstić information content (AvgIpc) is 2.93. The van der Waals surface area contributed by atoms with Crippen molar-refractivity contribution in [2.24, 2.45) is 0 Å². The van der Waals surface area contributed by atoms with Crippen LogP contribution in [0.2, 0.25) is 0 Å². The van der Waals surface area contributed by atoms with Crippen molar-refractivity contribution in [2.75, 3.05) is 31.7 Å². The number of fused-ring (bicyclic) bond motifs is 1. The van der Waals surface area contributed by atoms with Gasteiger partial charge in [-0.2, -0.15) is 0 Å². The molecule has 2 heterocycles. The number of benzene rings is 1. The summed E-state index contributed by atoms with van der Waals surface area (Å²) in [7, 11) is 3.88. The predicted octanol–water partition coefficient (Wildman–Crippen LogP) is 2.16. The maximum Gasteiger partial charge on any atom is 0.262 e. The summed E-state index contributed by atoms with van der Waals surface area (Å²) in [5.74, 6) is -0.317. The quantitative estimate of drug-likeness (QED) is 0.671. The highest BCUT2D eigenvalue weighted by Crippen LogP contribution is 2.27. The molecule has 0 unspecified atom stereocenters. The smallest absolute Gasteiger partial charge is 0.262 e. The summed E-state index contributed by atoms with van der Waals surface area (Å²) in [6.07, 6.45) is 1.55. The minimum absolute atomic E-state index is 0.191. The first kappa shape index (κ1) is 18.1. The van der Waals surface area contributed by atoms with E-state index in [1.807, 2.05) is 25.9 Å². The molecule has 3 aromatic rings. The number of amides is 1. The van der Waals surface area contributed by atoms with E-state index < -0.39 is 0 Å². The van der Waals surface area contributed by atoms with Gasteiger partial charge in [0.05, 0.1) is 17.3 Å². The third-order valence-corrected chi connectivity index (χ3v) is 5.05. The lowest BCUT2D eigenvalue weighted by Gasteiger charge is -2.11. The van der Waals surface area contributed by atoms with Gasteiger partial charge in [0.25, 0.3) is 11.5 Å². The number of nitrogens with zero attached hydrogens (tertiary/aromatic N) is 3. The second-order valence-electron chi connectivity index (χ2n) is 6.34. The van der Waals surface area contributed by atoms with Crippen LogP contribution >= 0.6 is 11.3 Å². The van der Waals surface area contributed by atoms with Crippen LogP contribution in [0.5, 0.6) is 0 Å². The molecule has 0 saturated heterocycles. The minimum Gasteiger partial charge on any atom is -0.399 e. The van der Waals surface area contributed by atoms with E-state index in [9.17, 15) is 9.59 Å². The first-order chi connectivity index (χ1) is 12.4. The number of nitrogens with two attached hydrogens (primary N) is 1.